The highest BCUT2D eigenvalue weighted by Crippen LogP contribution is 2.37. The second-order valence-electron chi connectivity index (χ2n) is 4.50. The lowest BCUT2D eigenvalue weighted by atomic mass is 10.1. The van der Waals surface area contributed by atoms with Crippen molar-refractivity contribution in [2.75, 3.05) is 11.4 Å². The van der Waals surface area contributed by atoms with Crippen LogP contribution in [0.5, 0.6) is 0 Å². The lowest BCUT2D eigenvalue weighted by Gasteiger charge is -2.22. The molecule has 6 heteroatoms. The summed E-state index contributed by atoms with van der Waals surface area (Å²) >= 11 is 0. The molecular weight excluding hydrogens is 236 g/mol. The summed E-state index contributed by atoms with van der Waals surface area (Å²) in [6.45, 7) is 1.63. The molecular formula is C12H14N2O4. The van der Waals surface area contributed by atoms with Crippen molar-refractivity contribution in [3.63, 3.8) is 0 Å². The van der Waals surface area contributed by atoms with Gasteiger partial charge in [0.05, 0.1) is 4.92 Å². The number of carbonyl (C=O) groups is 1. The van der Waals surface area contributed by atoms with Gasteiger partial charge in [0.25, 0.3) is 5.69 Å². The zero-order valence-corrected chi connectivity index (χ0v) is 10.00. The molecule has 96 valence electrons. The van der Waals surface area contributed by atoms with Crippen molar-refractivity contribution in [2.24, 2.45) is 0 Å². The number of hydrogen-bond donors (Lipinski definition) is 1. The summed E-state index contributed by atoms with van der Waals surface area (Å²) in [5.41, 5.74) is 1.25. The molecule has 6 nitrogen and oxygen atoms in total. The van der Waals surface area contributed by atoms with Crippen LogP contribution in [0.15, 0.2) is 18.2 Å². The Hall–Kier alpha value is -2.11. The SMILES string of the molecule is Cc1ccc([N+](=O)[O-])c(N(CC(=O)O)C2CC2)c1. The number of nitro benzene ring substituents is 1. The number of aryl methyl sites for hydroxylation is 1. The monoisotopic (exact) mass is 250 g/mol. The predicted molar refractivity (Wildman–Crippen MR) is 65.8 cm³/mol. The normalized spacial score (nSPS) is 14.3. The van der Waals surface area contributed by atoms with Crippen molar-refractivity contribution in [3.05, 3.63) is 33.9 Å². The lowest BCUT2D eigenvalue weighted by Crippen LogP contribution is -2.32. The van der Waals surface area contributed by atoms with Crippen LogP contribution in [0, 0.1) is 17.0 Å². The Morgan fingerprint density at radius 3 is 2.72 bits per heavy atom. The second-order valence-corrected chi connectivity index (χ2v) is 4.50. The quantitative estimate of drug-likeness (QED) is 0.637. The number of benzene rings is 1. The maximum atomic E-state index is 11.0. The minimum atomic E-state index is -0.974. The van der Waals surface area contributed by atoms with Crippen molar-refractivity contribution in [3.8, 4) is 0 Å². The molecule has 1 saturated carbocycles. The van der Waals surface area contributed by atoms with E-state index >= 15 is 0 Å². The lowest BCUT2D eigenvalue weighted by molar-refractivity contribution is -0.384. The first-order chi connectivity index (χ1) is 8.49. The van der Waals surface area contributed by atoms with Gasteiger partial charge in [-0.05, 0) is 31.4 Å². The molecule has 0 aliphatic heterocycles. The standard InChI is InChI=1S/C12H14N2O4/c1-8-2-5-10(14(17)18)11(6-8)13(7-12(15)16)9-3-4-9/h2,5-6,9H,3-4,7H2,1H3,(H,15,16). The Morgan fingerprint density at radius 2 is 2.22 bits per heavy atom. The molecule has 0 spiro atoms. The van der Waals surface area contributed by atoms with E-state index in [1.165, 1.54) is 6.07 Å². The highest BCUT2D eigenvalue weighted by molar-refractivity contribution is 5.77. The van der Waals surface area contributed by atoms with Gasteiger partial charge in [0.2, 0.25) is 0 Å². The van der Waals surface area contributed by atoms with E-state index in [0.717, 1.165) is 18.4 Å². The first-order valence-electron chi connectivity index (χ1n) is 5.72. The number of rotatable bonds is 5. The van der Waals surface area contributed by atoms with E-state index in [9.17, 15) is 14.9 Å². The number of nitro groups is 1. The van der Waals surface area contributed by atoms with Crippen LogP contribution in [0.4, 0.5) is 11.4 Å². The number of anilines is 1. The molecule has 1 aliphatic rings. The third-order valence-electron chi connectivity index (χ3n) is 2.93. The summed E-state index contributed by atoms with van der Waals surface area (Å²) in [6, 6.07) is 4.89. The molecule has 0 unspecified atom stereocenters. The number of carboxylic acids is 1. The number of aliphatic carboxylic acids is 1. The van der Waals surface area contributed by atoms with Crippen LogP contribution < -0.4 is 4.90 Å². The molecule has 0 aromatic heterocycles. The molecule has 0 bridgehead atoms. The summed E-state index contributed by atoms with van der Waals surface area (Å²) in [4.78, 5) is 23.0. The average molecular weight is 250 g/mol. The highest BCUT2D eigenvalue weighted by atomic mass is 16.6. The van der Waals surface area contributed by atoms with Gasteiger partial charge in [-0.3, -0.25) is 14.9 Å². The van der Waals surface area contributed by atoms with Crippen molar-refractivity contribution in [1.29, 1.82) is 0 Å². The molecule has 0 atom stereocenters. The van der Waals surface area contributed by atoms with E-state index in [1.54, 1.807) is 17.0 Å². The molecule has 2 rings (SSSR count). The van der Waals surface area contributed by atoms with Gasteiger partial charge >= 0.3 is 5.97 Å². The molecule has 18 heavy (non-hydrogen) atoms. The van der Waals surface area contributed by atoms with Gasteiger partial charge in [0.15, 0.2) is 0 Å². The van der Waals surface area contributed by atoms with Crippen LogP contribution in [-0.2, 0) is 4.79 Å². The van der Waals surface area contributed by atoms with Crippen LogP contribution in [0.2, 0.25) is 0 Å². The zero-order valence-electron chi connectivity index (χ0n) is 10.00. The molecule has 0 heterocycles. The minimum absolute atomic E-state index is 0.0336. The number of carboxylic acid groups (broad SMARTS) is 1. The molecule has 0 radical (unpaired) electrons. The van der Waals surface area contributed by atoms with Crippen molar-refractivity contribution in [1.82, 2.24) is 0 Å². The molecule has 0 amide bonds. The van der Waals surface area contributed by atoms with Gasteiger partial charge in [0, 0.05) is 12.1 Å². The minimum Gasteiger partial charge on any atom is -0.480 e. The molecule has 0 saturated heterocycles. The van der Waals surface area contributed by atoms with Crippen LogP contribution in [0.3, 0.4) is 0 Å². The predicted octanol–water partition coefficient (Wildman–Crippen LogP) is 1.96. The Kier molecular flexibility index (Phi) is 3.18. The van der Waals surface area contributed by atoms with Crippen LogP contribution >= 0.6 is 0 Å². The largest absolute Gasteiger partial charge is 0.480 e. The molecule has 1 N–H and O–H groups in total. The number of hydrogen-bond acceptors (Lipinski definition) is 4. The van der Waals surface area contributed by atoms with Gasteiger partial charge in [-0.15, -0.1) is 0 Å². The third kappa shape index (κ3) is 2.58. The summed E-state index contributed by atoms with van der Waals surface area (Å²) < 4.78 is 0. The highest BCUT2D eigenvalue weighted by Gasteiger charge is 2.34. The first-order valence-corrected chi connectivity index (χ1v) is 5.72. The maximum absolute atomic E-state index is 11.0. The third-order valence-corrected chi connectivity index (χ3v) is 2.93. The van der Waals surface area contributed by atoms with E-state index in [2.05, 4.69) is 0 Å². The maximum Gasteiger partial charge on any atom is 0.323 e. The topological polar surface area (TPSA) is 83.7 Å². The molecule has 1 fully saturated rings. The van der Waals surface area contributed by atoms with Gasteiger partial charge in [0.1, 0.15) is 12.2 Å². The molecule has 1 aliphatic carbocycles. The van der Waals surface area contributed by atoms with Gasteiger partial charge in [-0.2, -0.15) is 0 Å². The first kappa shape index (κ1) is 12.3. The van der Waals surface area contributed by atoms with Crippen molar-refractivity contribution in [2.45, 2.75) is 25.8 Å². The van der Waals surface area contributed by atoms with Crippen molar-refractivity contribution < 1.29 is 14.8 Å². The fourth-order valence-electron chi connectivity index (χ4n) is 1.96. The molecule has 1 aromatic carbocycles. The Morgan fingerprint density at radius 1 is 1.56 bits per heavy atom. The van der Waals surface area contributed by atoms with E-state index in [0.29, 0.717) is 5.69 Å². The summed E-state index contributed by atoms with van der Waals surface area (Å²) in [5.74, 6) is -0.974. The Labute approximate surface area is 104 Å². The fraction of sp³-hybridized carbons (Fsp3) is 0.417. The van der Waals surface area contributed by atoms with Crippen LogP contribution in [-0.4, -0.2) is 28.6 Å². The Balaban J connectivity index is 2.41. The summed E-state index contributed by atoms with van der Waals surface area (Å²) in [5, 5.41) is 19.9. The van der Waals surface area contributed by atoms with Crippen LogP contribution in [0.1, 0.15) is 18.4 Å². The van der Waals surface area contributed by atoms with Gasteiger partial charge < -0.3 is 10.0 Å². The summed E-state index contributed by atoms with van der Waals surface area (Å²) in [6.07, 6.45) is 1.77. The van der Waals surface area contributed by atoms with Crippen molar-refractivity contribution >= 4 is 17.3 Å². The number of nitrogens with zero attached hydrogens (tertiary/aromatic N) is 2. The van der Waals surface area contributed by atoms with Gasteiger partial charge in [-0.25, -0.2) is 0 Å². The van der Waals surface area contributed by atoms with E-state index in [1.807, 2.05) is 6.92 Å². The summed E-state index contributed by atoms with van der Waals surface area (Å²) in [7, 11) is 0. The van der Waals surface area contributed by atoms with E-state index in [4.69, 9.17) is 5.11 Å². The van der Waals surface area contributed by atoms with E-state index < -0.39 is 10.9 Å². The van der Waals surface area contributed by atoms with E-state index in [-0.39, 0.29) is 18.3 Å². The molecule has 1 aromatic rings. The fourth-order valence-corrected chi connectivity index (χ4v) is 1.96. The Bertz CT molecular complexity index is 497. The van der Waals surface area contributed by atoms with Gasteiger partial charge in [-0.1, -0.05) is 6.07 Å². The average Bonchev–Trinajstić information content (AvgIpc) is 3.08. The zero-order chi connectivity index (χ0) is 13.3. The second kappa shape index (κ2) is 4.64. The van der Waals surface area contributed by atoms with Crippen LogP contribution in [0.25, 0.3) is 0 Å². The smallest absolute Gasteiger partial charge is 0.323 e.